The third-order valence-electron chi connectivity index (χ3n) is 3.18. The van der Waals surface area contributed by atoms with Gasteiger partial charge in [0.25, 0.3) is 0 Å². The first-order valence-electron chi connectivity index (χ1n) is 6.39. The second kappa shape index (κ2) is 6.11. The molecule has 2 heterocycles. The molecule has 1 aliphatic heterocycles. The number of halogens is 1. The van der Waals surface area contributed by atoms with Crippen LogP contribution in [0.5, 0.6) is 0 Å². The second-order valence-corrected chi connectivity index (χ2v) is 6.38. The summed E-state index contributed by atoms with van der Waals surface area (Å²) in [4.78, 5) is 11.5. The van der Waals surface area contributed by atoms with E-state index < -0.39 is 0 Å². The van der Waals surface area contributed by atoms with Gasteiger partial charge in [-0.1, -0.05) is 13.8 Å². The third-order valence-corrected chi connectivity index (χ3v) is 4.63. The Balaban J connectivity index is 2.31. The fraction of sp³-hybridized carbons (Fsp3) is 0.692. The van der Waals surface area contributed by atoms with Crippen molar-refractivity contribution in [1.29, 1.82) is 0 Å². The Hall–Kier alpha value is -0.480. The van der Waals surface area contributed by atoms with Crippen molar-refractivity contribution in [2.75, 3.05) is 23.0 Å². The van der Waals surface area contributed by atoms with Crippen LogP contribution in [0.15, 0.2) is 6.20 Å². The van der Waals surface area contributed by atoms with Gasteiger partial charge in [0.15, 0.2) is 0 Å². The first-order valence-corrected chi connectivity index (χ1v) is 8.08. The molecule has 1 aromatic rings. The zero-order valence-corrected chi connectivity index (χ0v) is 12.8. The molecule has 0 amide bonds. The Morgan fingerprint density at radius 3 is 2.94 bits per heavy atom. The van der Waals surface area contributed by atoms with Gasteiger partial charge in [0.1, 0.15) is 5.82 Å². The molecular weight excluding hydrogens is 266 g/mol. The Morgan fingerprint density at radius 1 is 1.56 bits per heavy atom. The van der Waals surface area contributed by atoms with Crippen LogP contribution in [-0.4, -0.2) is 34.1 Å². The molecule has 0 N–H and O–H groups in total. The molecule has 1 unspecified atom stereocenters. The number of thioether (sulfide) groups is 1. The minimum Gasteiger partial charge on any atom is -0.364 e. The SMILES string of the molecule is CC(C)c1ncc(N2CCSCC2C)c(CCl)n1. The van der Waals surface area contributed by atoms with E-state index >= 15 is 0 Å². The predicted octanol–water partition coefficient (Wildman–Crippen LogP) is 3.28. The normalized spacial score (nSPS) is 20.5. The first kappa shape index (κ1) is 13.9. The van der Waals surface area contributed by atoms with E-state index in [2.05, 4.69) is 35.6 Å². The van der Waals surface area contributed by atoms with Crippen LogP contribution >= 0.6 is 23.4 Å². The number of rotatable bonds is 3. The monoisotopic (exact) mass is 285 g/mol. The summed E-state index contributed by atoms with van der Waals surface area (Å²) in [6, 6.07) is 0.527. The number of alkyl halides is 1. The molecule has 1 aliphatic rings. The fourth-order valence-corrected chi connectivity index (χ4v) is 3.34. The van der Waals surface area contributed by atoms with E-state index in [0.717, 1.165) is 35.3 Å². The molecule has 0 spiro atoms. The largest absolute Gasteiger partial charge is 0.364 e. The van der Waals surface area contributed by atoms with Crippen molar-refractivity contribution in [3.63, 3.8) is 0 Å². The first-order chi connectivity index (χ1) is 8.63. The quantitative estimate of drug-likeness (QED) is 0.797. The summed E-state index contributed by atoms with van der Waals surface area (Å²) < 4.78 is 0. The molecule has 1 atom stereocenters. The van der Waals surface area contributed by atoms with Gasteiger partial charge in [-0.3, -0.25) is 0 Å². The fourth-order valence-electron chi connectivity index (χ4n) is 2.13. The van der Waals surface area contributed by atoms with Crippen LogP contribution in [0.1, 0.15) is 38.2 Å². The van der Waals surface area contributed by atoms with Crippen LogP contribution in [0.4, 0.5) is 5.69 Å². The maximum Gasteiger partial charge on any atom is 0.131 e. The van der Waals surface area contributed by atoms with Crippen LogP contribution < -0.4 is 4.90 Å². The Kier molecular flexibility index (Phi) is 4.73. The Labute approximate surface area is 118 Å². The topological polar surface area (TPSA) is 29.0 Å². The highest BCUT2D eigenvalue weighted by Crippen LogP contribution is 2.27. The molecule has 0 aliphatic carbocycles. The number of anilines is 1. The van der Waals surface area contributed by atoms with Gasteiger partial charge in [-0.25, -0.2) is 9.97 Å². The molecule has 0 radical (unpaired) electrons. The smallest absolute Gasteiger partial charge is 0.131 e. The maximum absolute atomic E-state index is 6.05. The van der Waals surface area contributed by atoms with Crippen molar-refractivity contribution < 1.29 is 0 Å². The number of hydrogen-bond acceptors (Lipinski definition) is 4. The number of hydrogen-bond donors (Lipinski definition) is 0. The van der Waals surface area contributed by atoms with Crippen LogP contribution in [0, 0.1) is 0 Å². The average molecular weight is 286 g/mol. The molecule has 0 saturated carbocycles. The van der Waals surface area contributed by atoms with Crippen molar-refractivity contribution in [3.8, 4) is 0 Å². The van der Waals surface area contributed by atoms with E-state index in [1.165, 1.54) is 0 Å². The summed E-state index contributed by atoms with van der Waals surface area (Å²) in [5, 5.41) is 0. The molecule has 1 fully saturated rings. The van der Waals surface area contributed by atoms with Gasteiger partial charge in [0.05, 0.1) is 23.5 Å². The lowest BCUT2D eigenvalue weighted by Gasteiger charge is -2.35. The molecule has 18 heavy (non-hydrogen) atoms. The zero-order valence-electron chi connectivity index (χ0n) is 11.2. The highest BCUT2D eigenvalue weighted by Gasteiger charge is 2.22. The van der Waals surface area contributed by atoms with Crippen molar-refractivity contribution in [1.82, 2.24) is 9.97 Å². The standard InChI is InChI=1S/C13H20ClN3S/c1-9(2)13-15-7-12(11(6-14)16-13)17-4-5-18-8-10(17)3/h7,9-10H,4-6,8H2,1-3H3. The van der Waals surface area contributed by atoms with E-state index in [-0.39, 0.29) is 0 Å². The van der Waals surface area contributed by atoms with Crippen LogP contribution in [0.25, 0.3) is 0 Å². The van der Waals surface area contributed by atoms with Gasteiger partial charge in [0, 0.05) is 30.0 Å². The van der Waals surface area contributed by atoms with Crippen LogP contribution in [0.3, 0.4) is 0 Å². The lowest BCUT2D eigenvalue weighted by Crippen LogP contribution is -2.41. The molecule has 1 aromatic heterocycles. The Morgan fingerprint density at radius 2 is 2.33 bits per heavy atom. The highest BCUT2D eigenvalue weighted by molar-refractivity contribution is 7.99. The molecule has 1 saturated heterocycles. The minimum absolute atomic E-state index is 0.343. The summed E-state index contributed by atoms with van der Waals surface area (Å²) >= 11 is 8.06. The van der Waals surface area contributed by atoms with Crippen molar-refractivity contribution >= 4 is 29.1 Å². The van der Waals surface area contributed by atoms with Gasteiger partial charge in [-0.15, -0.1) is 11.6 Å². The van der Waals surface area contributed by atoms with Gasteiger partial charge in [0.2, 0.25) is 0 Å². The maximum atomic E-state index is 6.05. The van der Waals surface area contributed by atoms with Gasteiger partial charge in [-0.05, 0) is 6.92 Å². The van der Waals surface area contributed by atoms with E-state index in [4.69, 9.17) is 11.6 Å². The van der Waals surface area contributed by atoms with Crippen molar-refractivity contribution in [2.45, 2.75) is 38.6 Å². The summed E-state index contributed by atoms with van der Waals surface area (Å²) in [5.74, 6) is 4.00. The van der Waals surface area contributed by atoms with Gasteiger partial charge < -0.3 is 4.90 Å². The second-order valence-electron chi connectivity index (χ2n) is 4.97. The van der Waals surface area contributed by atoms with Gasteiger partial charge >= 0.3 is 0 Å². The van der Waals surface area contributed by atoms with E-state index in [9.17, 15) is 0 Å². The lowest BCUT2D eigenvalue weighted by atomic mass is 10.2. The number of aromatic nitrogens is 2. The molecule has 0 bridgehead atoms. The number of nitrogens with zero attached hydrogens (tertiary/aromatic N) is 3. The van der Waals surface area contributed by atoms with Crippen LogP contribution in [0.2, 0.25) is 0 Å². The average Bonchev–Trinajstić information content (AvgIpc) is 2.38. The molecule has 3 nitrogen and oxygen atoms in total. The predicted molar refractivity (Wildman–Crippen MR) is 79.8 cm³/mol. The van der Waals surface area contributed by atoms with E-state index in [1.54, 1.807) is 0 Å². The molecule has 2 rings (SSSR count). The molecule has 100 valence electrons. The summed E-state index contributed by atoms with van der Waals surface area (Å²) in [5.41, 5.74) is 2.08. The molecule has 0 aromatic carbocycles. The molecule has 5 heteroatoms. The zero-order chi connectivity index (χ0) is 13.1. The highest BCUT2D eigenvalue weighted by atomic mass is 35.5. The van der Waals surface area contributed by atoms with E-state index in [0.29, 0.717) is 17.8 Å². The minimum atomic E-state index is 0.343. The van der Waals surface area contributed by atoms with Crippen molar-refractivity contribution in [3.05, 3.63) is 17.7 Å². The molecular formula is C13H20ClN3S. The van der Waals surface area contributed by atoms with Crippen LogP contribution in [-0.2, 0) is 5.88 Å². The Bertz CT molecular complexity index is 411. The summed E-state index contributed by atoms with van der Waals surface area (Å²) in [6.45, 7) is 7.51. The van der Waals surface area contributed by atoms with Gasteiger partial charge in [-0.2, -0.15) is 11.8 Å². The summed E-state index contributed by atoms with van der Waals surface area (Å²) in [6.07, 6.45) is 1.95. The third kappa shape index (κ3) is 2.91. The van der Waals surface area contributed by atoms with E-state index in [1.807, 2.05) is 18.0 Å². The lowest BCUT2D eigenvalue weighted by molar-refractivity contribution is 0.685. The van der Waals surface area contributed by atoms with Crippen molar-refractivity contribution in [2.24, 2.45) is 0 Å². The summed E-state index contributed by atoms with van der Waals surface area (Å²) in [7, 11) is 0.